The topological polar surface area (TPSA) is 80.1 Å². The second-order valence-electron chi connectivity index (χ2n) is 9.98. The van der Waals surface area contributed by atoms with Gasteiger partial charge in [0.15, 0.2) is 0 Å². The van der Waals surface area contributed by atoms with E-state index < -0.39 is 0 Å². The van der Waals surface area contributed by atoms with Crippen molar-refractivity contribution in [2.45, 2.75) is 46.5 Å². The number of nitrogens with one attached hydrogen (secondary N) is 1. The molecule has 3 heterocycles. The molecule has 2 aliphatic rings. The first-order chi connectivity index (χ1) is 16.2. The lowest BCUT2D eigenvalue weighted by Gasteiger charge is -2.23. The minimum atomic E-state index is -0.252. The van der Waals surface area contributed by atoms with Gasteiger partial charge in [-0.15, -0.1) is 0 Å². The Balaban J connectivity index is 1.30. The molecule has 1 aromatic carbocycles. The highest BCUT2D eigenvalue weighted by atomic mass is 16.2. The maximum absolute atomic E-state index is 13.2. The van der Waals surface area contributed by atoms with Gasteiger partial charge in [0, 0.05) is 42.8 Å². The number of aromatic nitrogens is 3. The fourth-order valence-electron chi connectivity index (χ4n) is 5.18. The van der Waals surface area contributed by atoms with Gasteiger partial charge in [0.25, 0.3) is 0 Å². The Morgan fingerprint density at radius 3 is 2.71 bits per heavy atom. The molecule has 5 rings (SSSR count). The average Bonchev–Trinajstić information content (AvgIpc) is 3.52. The molecule has 0 spiro atoms. The third-order valence-corrected chi connectivity index (χ3v) is 7.20. The first-order valence-corrected chi connectivity index (χ1v) is 11.9. The second-order valence-corrected chi connectivity index (χ2v) is 9.98. The van der Waals surface area contributed by atoms with Crippen LogP contribution in [0.1, 0.15) is 43.1 Å². The summed E-state index contributed by atoms with van der Waals surface area (Å²) in [6.07, 6.45) is 5.40. The largest absolute Gasteiger partial charge is 0.312 e. The Hall–Kier alpha value is -3.48. The zero-order chi connectivity index (χ0) is 24.0. The Bertz CT molecular complexity index is 1280. The normalized spacial score (nSPS) is 20.1. The molecule has 1 saturated heterocycles. The number of rotatable bonds is 6. The van der Waals surface area contributed by atoms with Crippen molar-refractivity contribution in [3.05, 3.63) is 59.5 Å². The predicted octanol–water partition coefficient (Wildman–Crippen LogP) is 4.43. The van der Waals surface area contributed by atoms with Gasteiger partial charge in [-0.25, -0.2) is 4.98 Å². The molecule has 1 N–H and O–H groups in total. The maximum atomic E-state index is 13.2. The van der Waals surface area contributed by atoms with E-state index in [0.29, 0.717) is 18.3 Å². The lowest BCUT2D eigenvalue weighted by atomic mass is 9.83. The van der Waals surface area contributed by atoms with E-state index in [1.165, 1.54) is 0 Å². The van der Waals surface area contributed by atoms with Crippen LogP contribution < -0.4 is 10.2 Å². The van der Waals surface area contributed by atoms with E-state index in [1.54, 1.807) is 4.68 Å². The van der Waals surface area contributed by atoms with Crippen LogP contribution in [-0.4, -0.2) is 33.1 Å². The molecule has 176 valence electrons. The first kappa shape index (κ1) is 22.3. The van der Waals surface area contributed by atoms with E-state index in [4.69, 9.17) is 0 Å². The van der Waals surface area contributed by atoms with E-state index in [1.807, 2.05) is 68.4 Å². The van der Waals surface area contributed by atoms with E-state index >= 15 is 0 Å². The summed E-state index contributed by atoms with van der Waals surface area (Å²) in [4.78, 5) is 32.4. The maximum Gasteiger partial charge on any atom is 0.233 e. The van der Waals surface area contributed by atoms with Crippen molar-refractivity contribution < 1.29 is 9.59 Å². The van der Waals surface area contributed by atoms with Gasteiger partial charge in [-0.1, -0.05) is 31.2 Å². The molecule has 3 aromatic rings. The number of nitrogens with zero attached hydrogens (tertiary/aromatic N) is 4. The Labute approximate surface area is 200 Å². The molecule has 7 nitrogen and oxygen atoms in total. The van der Waals surface area contributed by atoms with Crippen molar-refractivity contribution in [1.82, 2.24) is 14.8 Å². The summed E-state index contributed by atoms with van der Waals surface area (Å²) >= 11 is 0. The molecule has 1 aliphatic heterocycles. The summed E-state index contributed by atoms with van der Waals surface area (Å²) < 4.78 is 1.80. The van der Waals surface area contributed by atoms with Crippen molar-refractivity contribution in [2.75, 3.05) is 16.8 Å². The van der Waals surface area contributed by atoms with E-state index in [9.17, 15) is 9.59 Å². The third-order valence-electron chi connectivity index (χ3n) is 7.20. The molecule has 1 saturated carbocycles. The zero-order valence-electron chi connectivity index (χ0n) is 20.3. The number of amides is 2. The molecule has 0 bridgehead atoms. The Morgan fingerprint density at radius 1 is 1.21 bits per heavy atom. The van der Waals surface area contributed by atoms with Crippen molar-refractivity contribution in [3.63, 3.8) is 0 Å². The van der Waals surface area contributed by atoms with Crippen LogP contribution in [0.5, 0.6) is 0 Å². The van der Waals surface area contributed by atoms with E-state index in [-0.39, 0.29) is 23.7 Å². The minimum Gasteiger partial charge on any atom is -0.312 e. The van der Waals surface area contributed by atoms with Crippen molar-refractivity contribution >= 4 is 23.3 Å². The van der Waals surface area contributed by atoms with E-state index in [2.05, 4.69) is 22.3 Å². The van der Waals surface area contributed by atoms with Gasteiger partial charge in [-0.2, -0.15) is 5.10 Å². The van der Waals surface area contributed by atoms with Gasteiger partial charge in [0.2, 0.25) is 11.8 Å². The highest BCUT2D eigenvalue weighted by Gasteiger charge is 2.52. The van der Waals surface area contributed by atoms with Crippen LogP contribution in [0.4, 0.5) is 11.5 Å². The monoisotopic (exact) mass is 457 g/mol. The number of benzene rings is 1. The summed E-state index contributed by atoms with van der Waals surface area (Å²) in [6, 6.07) is 11.7. The molecular formula is C27H31N5O2. The number of carbonyl (C=O) groups excluding carboxylic acids is 2. The summed E-state index contributed by atoms with van der Waals surface area (Å²) in [7, 11) is 1.90. The SMILES string of the molecule is Cc1cc(N2CC[C@@](C)(C3CC3)C2=O)cc(NC(=O)Cc2cccc(-c3cn(C)nc3C)c2)n1. The molecule has 1 atom stereocenters. The summed E-state index contributed by atoms with van der Waals surface area (Å²) in [5.41, 5.74) is 5.30. The number of carbonyl (C=O) groups is 2. The van der Waals surface area contributed by atoms with Gasteiger partial charge in [-0.05, 0) is 56.2 Å². The molecule has 2 fully saturated rings. The second kappa shape index (κ2) is 8.38. The van der Waals surface area contributed by atoms with Crippen molar-refractivity contribution in [1.29, 1.82) is 0 Å². The summed E-state index contributed by atoms with van der Waals surface area (Å²) in [6.45, 7) is 6.68. The van der Waals surface area contributed by atoms with Crippen LogP contribution in [0.2, 0.25) is 0 Å². The highest BCUT2D eigenvalue weighted by molar-refractivity contribution is 6.01. The fraction of sp³-hybridized carbons (Fsp3) is 0.407. The number of hydrogen-bond acceptors (Lipinski definition) is 4. The number of anilines is 2. The molecule has 7 heteroatoms. The number of pyridine rings is 1. The number of aryl methyl sites for hydroxylation is 3. The fourth-order valence-corrected chi connectivity index (χ4v) is 5.18. The average molecular weight is 458 g/mol. The van der Waals surface area contributed by atoms with Crippen LogP contribution in [0.25, 0.3) is 11.1 Å². The van der Waals surface area contributed by atoms with E-state index in [0.717, 1.165) is 53.0 Å². The molecule has 2 amide bonds. The van der Waals surface area contributed by atoms with Gasteiger partial charge < -0.3 is 10.2 Å². The third kappa shape index (κ3) is 4.22. The predicted molar refractivity (Wildman–Crippen MR) is 132 cm³/mol. The zero-order valence-corrected chi connectivity index (χ0v) is 20.3. The van der Waals surface area contributed by atoms with Crippen LogP contribution in [-0.2, 0) is 23.1 Å². The molecule has 2 aromatic heterocycles. The summed E-state index contributed by atoms with van der Waals surface area (Å²) in [5.74, 6) is 1.05. The molecule has 0 unspecified atom stereocenters. The molecule has 34 heavy (non-hydrogen) atoms. The number of hydrogen-bond donors (Lipinski definition) is 1. The van der Waals surface area contributed by atoms with Gasteiger partial charge in [0.05, 0.1) is 17.5 Å². The molecular weight excluding hydrogens is 426 g/mol. The van der Waals surface area contributed by atoms with Crippen LogP contribution in [0.3, 0.4) is 0 Å². The molecule has 0 radical (unpaired) electrons. The lowest BCUT2D eigenvalue weighted by Crippen LogP contribution is -2.34. The lowest BCUT2D eigenvalue weighted by molar-refractivity contribution is -0.125. The van der Waals surface area contributed by atoms with Gasteiger partial charge in [-0.3, -0.25) is 14.3 Å². The minimum absolute atomic E-state index is 0.139. The summed E-state index contributed by atoms with van der Waals surface area (Å²) in [5, 5.41) is 7.35. The standard InChI is InChI=1S/C27H31N5O2/c1-17-12-22(32-11-10-27(3,26(32)34)21-8-9-21)15-24(28-17)29-25(33)14-19-6-5-7-20(13-19)23-16-31(4)30-18(23)2/h5-7,12-13,15-16,21H,8-11,14H2,1-4H3,(H,28,29,33)/t27-/m0/s1. The van der Waals surface area contributed by atoms with Crippen molar-refractivity contribution in [3.8, 4) is 11.1 Å². The molecule has 1 aliphatic carbocycles. The van der Waals surface area contributed by atoms with Crippen LogP contribution >= 0.6 is 0 Å². The van der Waals surface area contributed by atoms with Crippen molar-refractivity contribution in [2.24, 2.45) is 18.4 Å². The van der Waals surface area contributed by atoms with Gasteiger partial charge >= 0.3 is 0 Å². The Kier molecular flexibility index (Phi) is 5.50. The van der Waals surface area contributed by atoms with Crippen LogP contribution in [0.15, 0.2) is 42.6 Å². The first-order valence-electron chi connectivity index (χ1n) is 11.9. The smallest absolute Gasteiger partial charge is 0.233 e. The van der Waals surface area contributed by atoms with Crippen LogP contribution in [0, 0.1) is 25.2 Å². The highest BCUT2D eigenvalue weighted by Crippen LogP contribution is 2.52. The van der Waals surface area contributed by atoms with Gasteiger partial charge in [0.1, 0.15) is 5.82 Å². The quantitative estimate of drug-likeness (QED) is 0.594. The Morgan fingerprint density at radius 2 is 2.00 bits per heavy atom.